The minimum absolute atomic E-state index is 0.396. The van der Waals surface area contributed by atoms with E-state index in [9.17, 15) is 5.11 Å². The van der Waals surface area contributed by atoms with E-state index >= 15 is 0 Å². The van der Waals surface area contributed by atoms with Gasteiger partial charge in [0.05, 0.1) is 16.1 Å². The second-order valence-corrected chi connectivity index (χ2v) is 4.72. The van der Waals surface area contributed by atoms with E-state index in [1.807, 2.05) is 24.6 Å². The van der Waals surface area contributed by atoms with Crippen LogP contribution in [0.2, 0.25) is 0 Å². The lowest BCUT2D eigenvalue weighted by Gasteiger charge is -2.05. The Morgan fingerprint density at radius 2 is 2.19 bits per heavy atom. The highest BCUT2D eigenvalue weighted by Gasteiger charge is 2.07. The summed E-state index contributed by atoms with van der Waals surface area (Å²) in [5, 5.41) is 9.90. The minimum Gasteiger partial charge on any atom is -0.508 e. The fraction of sp³-hybridized carbons (Fsp3) is 0.308. The molecular formula is C13H15NOS. The Morgan fingerprint density at radius 3 is 2.75 bits per heavy atom. The molecule has 0 radical (unpaired) electrons. The first-order valence-electron chi connectivity index (χ1n) is 5.44. The van der Waals surface area contributed by atoms with Crippen LogP contribution in [0.15, 0.2) is 23.7 Å². The SMILES string of the molecule is CCCc1ccc(-c2scnc2C)cc1O. The summed E-state index contributed by atoms with van der Waals surface area (Å²) in [6.07, 6.45) is 1.97. The zero-order valence-electron chi connectivity index (χ0n) is 9.53. The molecule has 0 aliphatic heterocycles. The predicted molar refractivity (Wildman–Crippen MR) is 67.9 cm³/mol. The fourth-order valence-electron chi connectivity index (χ4n) is 1.76. The van der Waals surface area contributed by atoms with E-state index in [1.54, 1.807) is 11.3 Å². The van der Waals surface area contributed by atoms with E-state index in [2.05, 4.69) is 18.0 Å². The number of nitrogens with zero attached hydrogens (tertiary/aromatic N) is 1. The van der Waals surface area contributed by atoms with Crippen molar-refractivity contribution >= 4 is 11.3 Å². The molecule has 1 heterocycles. The third-order valence-corrected chi connectivity index (χ3v) is 3.59. The molecule has 0 aliphatic carbocycles. The number of thiazole rings is 1. The molecule has 0 bridgehead atoms. The summed E-state index contributed by atoms with van der Waals surface area (Å²) in [6, 6.07) is 5.91. The molecule has 0 unspecified atom stereocenters. The Balaban J connectivity index is 2.38. The maximum atomic E-state index is 9.90. The zero-order chi connectivity index (χ0) is 11.5. The van der Waals surface area contributed by atoms with Crippen LogP contribution in [0.5, 0.6) is 5.75 Å². The summed E-state index contributed by atoms with van der Waals surface area (Å²) in [4.78, 5) is 5.36. The molecular weight excluding hydrogens is 218 g/mol. The van der Waals surface area contributed by atoms with Gasteiger partial charge in [-0.2, -0.15) is 0 Å². The summed E-state index contributed by atoms with van der Waals surface area (Å²) in [5.41, 5.74) is 4.93. The molecule has 2 aromatic rings. The van der Waals surface area contributed by atoms with Gasteiger partial charge in [-0.3, -0.25) is 0 Å². The molecule has 84 valence electrons. The van der Waals surface area contributed by atoms with E-state index in [4.69, 9.17) is 0 Å². The van der Waals surface area contributed by atoms with E-state index in [1.165, 1.54) is 0 Å². The number of phenols is 1. The highest BCUT2D eigenvalue weighted by molar-refractivity contribution is 7.13. The van der Waals surface area contributed by atoms with E-state index in [0.717, 1.165) is 34.5 Å². The summed E-state index contributed by atoms with van der Waals surface area (Å²) in [5.74, 6) is 0.396. The fourth-order valence-corrected chi connectivity index (χ4v) is 2.57. The molecule has 0 fully saturated rings. The second-order valence-electron chi connectivity index (χ2n) is 3.86. The standard InChI is InChI=1S/C13H15NOS/c1-3-4-10-5-6-11(7-12(10)15)13-9(2)14-8-16-13/h5-8,15H,3-4H2,1-2H3. The molecule has 0 saturated heterocycles. The van der Waals surface area contributed by atoms with Crippen LogP contribution in [0.4, 0.5) is 0 Å². The van der Waals surface area contributed by atoms with Gasteiger partial charge >= 0.3 is 0 Å². The van der Waals surface area contributed by atoms with Crippen LogP contribution in [0.3, 0.4) is 0 Å². The lowest BCUT2D eigenvalue weighted by molar-refractivity contribution is 0.468. The third-order valence-electron chi connectivity index (χ3n) is 2.61. The highest BCUT2D eigenvalue weighted by atomic mass is 32.1. The van der Waals surface area contributed by atoms with Gasteiger partial charge in [-0.1, -0.05) is 25.5 Å². The van der Waals surface area contributed by atoms with Crippen LogP contribution >= 0.6 is 11.3 Å². The molecule has 3 heteroatoms. The minimum atomic E-state index is 0.396. The number of benzene rings is 1. The molecule has 16 heavy (non-hydrogen) atoms. The van der Waals surface area contributed by atoms with Crippen molar-refractivity contribution in [3.8, 4) is 16.2 Å². The monoisotopic (exact) mass is 233 g/mol. The lowest BCUT2D eigenvalue weighted by Crippen LogP contribution is -1.85. The van der Waals surface area contributed by atoms with Gasteiger partial charge in [0.25, 0.3) is 0 Å². The number of phenolic OH excluding ortho intramolecular Hbond substituents is 1. The average Bonchev–Trinajstić information content (AvgIpc) is 2.68. The normalized spacial score (nSPS) is 10.6. The predicted octanol–water partition coefficient (Wildman–Crippen LogP) is 3.78. The van der Waals surface area contributed by atoms with E-state index in [0.29, 0.717) is 5.75 Å². The van der Waals surface area contributed by atoms with E-state index in [-0.39, 0.29) is 0 Å². The molecule has 2 rings (SSSR count). The van der Waals surface area contributed by atoms with Crippen molar-refractivity contribution in [3.05, 3.63) is 35.0 Å². The van der Waals surface area contributed by atoms with E-state index < -0.39 is 0 Å². The first-order chi connectivity index (χ1) is 7.72. The number of aromatic nitrogens is 1. The summed E-state index contributed by atoms with van der Waals surface area (Å²) in [7, 11) is 0. The van der Waals surface area contributed by atoms with Crippen molar-refractivity contribution in [2.45, 2.75) is 26.7 Å². The molecule has 0 amide bonds. The van der Waals surface area contributed by atoms with Crippen LogP contribution in [0.25, 0.3) is 10.4 Å². The smallest absolute Gasteiger partial charge is 0.119 e. The van der Waals surface area contributed by atoms with Gasteiger partial charge in [0, 0.05) is 0 Å². The second kappa shape index (κ2) is 4.66. The van der Waals surface area contributed by atoms with Crippen molar-refractivity contribution in [1.82, 2.24) is 4.98 Å². The van der Waals surface area contributed by atoms with Crippen LogP contribution in [0, 0.1) is 6.92 Å². The van der Waals surface area contributed by atoms with Gasteiger partial charge in [0.1, 0.15) is 5.75 Å². The van der Waals surface area contributed by atoms with Crippen LogP contribution in [-0.4, -0.2) is 10.1 Å². The number of rotatable bonds is 3. The largest absolute Gasteiger partial charge is 0.508 e. The number of hydrogen-bond acceptors (Lipinski definition) is 3. The first-order valence-corrected chi connectivity index (χ1v) is 6.32. The lowest BCUT2D eigenvalue weighted by atomic mass is 10.0. The van der Waals surface area contributed by atoms with Crippen LogP contribution < -0.4 is 0 Å². The van der Waals surface area contributed by atoms with Gasteiger partial charge in [-0.05, 0) is 30.5 Å². The van der Waals surface area contributed by atoms with Gasteiger partial charge in [-0.25, -0.2) is 4.98 Å². The molecule has 1 N–H and O–H groups in total. The number of aromatic hydroxyl groups is 1. The van der Waals surface area contributed by atoms with Crippen LogP contribution in [-0.2, 0) is 6.42 Å². The Kier molecular flexibility index (Phi) is 3.25. The van der Waals surface area contributed by atoms with Crippen molar-refractivity contribution in [3.63, 3.8) is 0 Å². The average molecular weight is 233 g/mol. The maximum absolute atomic E-state index is 9.90. The van der Waals surface area contributed by atoms with Crippen molar-refractivity contribution in [2.75, 3.05) is 0 Å². The summed E-state index contributed by atoms with van der Waals surface area (Å²) in [6.45, 7) is 4.10. The van der Waals surface area contributed by atoms with Crippen LogP contribution in [0.1, 0.15) is 24.6 Å². The van der Waals surface area contributed by atoms with Crippen molar-refractivity contribution in [2.24, 2.45) is 0 Å². The van der Waals surface area contributed by atoms with Crippen molar-refractivity contribution in [1.29, 1.82) is 0 Å². The van der Waals surface area contributed by atoms with Gasteiger partial charge in [-0.15, -0.1) is 11.3 Å². The number of hydrogen-bond donors (Lipinski definition) is 1. The molecule has 0 aliphatic rings. The molecule has 0 atom stereocenters. The molecule has 1 aromatic heterocycles. The zero-order valence-corrected chi connectivity index (χ0v) is 10.3. The number of aryl methyl sites for hydroxylation is 2. The molecule has 2 nitrogen and oxygen atoms in total. The molecule has 0 saturated carbocycles. The third kappa shape index (κ3) is 2.09. The Labute approximate surface area is 99.6 Å². The summed E-state index contributed by atoms with van der Waals surface area (Å²) >= 11 is 1.61. The van der Waals surface area contributed by atoms with Gasteiger partial charge in [0.2, 0.25) is 0 Å². The summed E-state index contributed by atoms with van der Waals surface area (Å²) < 4.78 is 0. The first kappa shape index (κ1) is 11.1. The van der Waals surface area contributed by atoms with Gasteiger partial charge < -0.3 is 5.11 Å². The Bertz CT molecular complexity index is 490. The molecule has 1 aromatic carbocycles. The maximum Gasteiger partial charge on any atom is 0.119 e. The quantitative estimate of drug-likeness (QED) is 0.875. The topological polar surface area (TPSA) is 33.1 Å². The highest BCUT2D eigenvalue weighted by Crippen LogP contribution is 2.31. The van der Waals surface area contributed by atoms with Crippen molar-refractivity contribution < 1.29 is 5.11 Å². The Morgan fingerprint density at radius 1 is 1.38 bits per heavy atom. The Hall–Kier alpha value is -1.35. The molecule has 0 spiro atoms. The van der Waals surface area contributed by atoms with Gasteiger partial charge in [0.15, 0.2) is 0 Å².